The van der Waals surface area contributed by atoms with E-state index in [4.69, 9.17) is 0 Å². The number of hydrogen-bond acceptors (Lipinski definition) is 10. The molecular weight excluding hydrogens is 750 g/mol. The zero-order valence-electron chi connectivity index (χ0n) is 32.9. The molecule has 1 aromatic heterocycles. The van der Waals surface area contributed by atoms with Crippen LogP contribution in [0.4, 0.5) is 15.2 Å². The summed E-state index contributed by atoms with van der Waals surface area (Å²) in [6.45, 7) is 12.7. The van der Waals surface area contributed by atoms with Crippen LogP contribution in [0.5, 0.6) is 0 Å². The average molecular weight is 800 g/mol. The number of thiazole rings is 1. The summed E-state index contributed by atoms with van der Waals surface area (Å²) in [5.41, 5.74) is 0.786. The Bertz CT molecular complexity index is 2070. The predicted molar refractivity (Wildman–Crippen MR) is 214 cm³/mol. The molecule has 3 fully saturated rings. The summed E-state index contributed by atoms with van der Waals surface area (Å²) in [6, 6.07) is 11.3. The van der Waals surface area contributed by atoms with Gasteiger partial charge in [-0.3, -0.25) is 39.0 Å². The van der Waals surface area contributed by atoms with Crippen molar-refractivity contribution >= 4 is 57.6 Å². The second-order valence-corrected chi connectivity index (χ2v) is 18.3. The fraction of sp³-hybridized carbons (Fsp3) is 0.500. The Morgan fingerprint density at radius 3 is 2.23 bits per heavy atom. The molecule has 4 aliphatic heterocycles. The van der Waals surface area contributed by atoms with Gasteiger partial charge in [0.25, 0.3) is 11.8 Å². The van der Waals surface area contributed by atoms with Crippen LogP contribution in [0.15, 0.2) is 48.7 Å². The van der Waals surface area contributed by atoms with Gasteiger partial charge in [0.05, 0.1) is 21.7 Å². The minimum Gasteiger partial charge on any atom is -0.366 e. The van der Waals surface area contributed by atoms with E-state index in [0.29, 0.717) is 37.7 Å². The van der Waals surface area contributed by atoms with Crippen molar-refractivity contribution in [3.05, 3.63) is 65.6 Å². The molecule has 4 aliphatic rings. The number of hydrogen-bond donors (Lipinski definition) is 2. The number of rotatable bonds is 11. The van der Waals surface area contributed by atoms with Gasteiger partial charge in [-0.1, -0.05) is 69.4 Å². The van der Waals surface area contributed by atoms with E-state index in [1.165, 1.54) is 17.4 Å². The summed E-state index contributed by atoms with van der Waals surface area (Å²) in [4.78, 5) is 89.5. The highest BCUT2D eigenvalue weighted by Gasteiger charge is 2.45. The Balaban J connectivity index is 0.866. The van der Waals surface area contributed by atoms with Crippen LogP contribution < -0.4 is 15.5 Å². The van der Waals surface area contributed by atoms with Crippen molar-refractivity contribution in [2.24, 2.45) is 16.7 Å². The van der Waals surface area contributed by atoms with Crippen molar-refractivity contribution in [3.63, 3.8) is 0 Å². The number of halogens is 1. The van der Waals surface area contributed by atoms with Crippen LogP contribution in [-0.4, -0.2) is 107 Å². The number of nitrogens with zero attached hydrogens (tertiary/aromatic N) is 5. The van der Waals surface area contributed by atoms with Gasteiger partial charge in [-0.25, -0.2) is 9.37 Å². The molecule has 0 saturated carbocycles. The molecule has 15 heteroatoms. The molecule has 0 spiro atoms. The van der Waals surface area contributed by atoms with Crippen LogP contribution in [0.3, 0.4) is 0 Å². The minimum absolute atomic E-state index is 0.00432. The second kappa shape index (κ2) is 16.1. The Morgan fingerprint density at radius 2 is 1.56 bits per heavy atom. The Kier molecular flexibility index (Phi) is 11.3. The number of likely N-dealkylation sites (tertiary alicyclic amines) is 1. The average Bonchev–Trinajstić information content (AvgIpc) is 3.72. The summed E-state index contributed by atoms with van der Waals surface area (Å²) in [7, 11) is 0. The van der Waals surface area contributed by atoms with Crippen LogP contribution >= 0.6 is 11.3 Å². The second-order valence-electron chi connectivity index (χ2n) is 17.3. The molecule has 302 valence electrons. The van der Waals surface area contributed by atoms with E-state index in [-0.39, 0.29) is 58.2 Å². The van der Waals surface area contributed by atoms with Gasteiger partial charge in [0.2, 0.25) is 23.6 Å². The number of carbonyl (C=O) groups is 6. The van der Waals surface area contributed by atoms with Crippen LogP contribution in [0.1, 0.15) is 86.9 Å². The zero-order valence-corrected chi connectivity index (χ0v) is 33.8. The molecule has 3 saturated heterocycles. The van der Waals surface area contributed by atoms with Crippen molar-refractivity contribution in [2.45, 2.75) is 72.3 Å². The van der Waals surface area contributed by atoms with Gasteiger partial charge in [-0.2, -0.15) is 0 Å². The van der Waals surface area contributed by atoms with Crippen LogP contribution in [0.25, 0.3) is 10.4 Å². The molecule has 6 amide bonds. The van der Waals surface area contributed by atoms with Gasteiger partial charge < -0.3 is 20.0 Å². The van der Waals surface area contributed by atoms with Gasteiger partial charge in [0, 0.05) is 57.7 Å². The van der Waals surface area contributed by atoms with Crippen molar-refractivity contribution in [3.8, 4) is 10.4 Å². The molecule has 2 aromatic carbocycles. The molecule has 0 bridgehead atoms. The normalized spacial score (nSPS) is 19.9. The quantitative estimate of drug-likeness (QED) is 0.250. The maximum Gasteiger partial charge on any atom is 0.262 e. The standard InChI is InChI=1S/C42H50FN7O6S/c1-41(2,24-42(3,4)25-47-14-12-27(13-15-47)36(53)46-40-44-23-33(57-40)26-8-6-5-7-9-26)22-35(52)49-18-16-48(17-19-49)32-21-29-28(20-30(32)43)38(55)50(39(29)56)31-10-11-34(51)45-37(31)54/h5-9,20-21,23,27,31H,10-19,22,24-25H2,1-4H3,(H,44,46,53)(H,45,51,54). The smallest absolute Gasteiger partial charge is 0.262 e. The number of aromatic nitrogens is 1. The maximum absolute atomic E-state index is 15.5. The van der Waals surface area contributed by atoms with E-state index < -0.39 is 35.5 Å². The minimum atomic E-state index is -1.13. The third kappa shape index (κ3) is 8.94. The molecule has 7 rings (SSSR count). The monoisotopic (exact) mass is 799 g/mol. The highest BCUT2D eigenvalue weighted by Crippen LogP contribution is 2.39. The first-order chi connectivity index (χ1) is 27.1. The van der Waals surface area contributed by atoms with E-state index in [1.54, 1.807) is 16.0 Å². The fourth-order valence-corrected chi connectivity index (χ4v) is 9.91. The van der Waals surface area contributed by atoms with E-state index >= 15 is 4.39 Å². The molecule has 1 unspecified atom stereocenters. The van der Waals surface area contributed by atoms with Crippen molar-refractivity contribution in [1.82, 2.24) is 25.0 Å². The Hall–Kier alpha value is -5.02. The molecule has 1 atom stereocenters. The van der Waals surface area contributed by atoms with Crippen LogP contribution in [-0.2, 0) is 19.2 Å². The van der Waals surface area contributed by atoms with Gasteiger partial charge in [-0.05, 0) is 67.3 Å². The lowest BCUT2D eigenvalue weighted by Gasteiger charge is -2.41. The molecule has 0 radical (unpaired) electrons. The molecule has 0 aliphatic carbocycles. The lowest BCUT2D eigenvalue weighted by molar-refractivity contribution is -0.136. The maximum atomic E-state index is 15.5. The number of anilines is 2. The Labute approximate surface area is 336 Å². The summed E-state index contributed by atoms with van der Waals surface area (Å²) >= 11 is 1.48. The van der Waals surface area contributed by atoms with Gasteiger partial charge in [-0.15, -0.1) is 0 Å². The fourth-order valence-electron chi connectivity index (χ4n) is 9.09. The summed E-state index contributed by atoms with van der Waals surface area (Å²) in [5.74, 6) is -3.32. The molecule has 2 N–H and O–H groups in total. The highest BCUT2D eigenvalue weighted by atomic mass is 32.1. The number of nitrogens with one attached hydrogen (secondary N) is 2. The number of carbonyl (C=O) groups excluding carboxylic acids is 6. The summed E-state index contributed by atoms with van der Waals surface area (Å²) in [6.07, 6.45) is 4.55. The first-order valence-corrected chi connectivity index (χ1v) is 20.5. The lowest BCUT2D eigenvalue weighted by Crippen LogP contribution is -2.54. The van der Waals surface area contributed by atoms with E-state index in [0.717, 1.165) is 60.3 Å². The number of benzene rings is 2. The van der Waals surface area contributed by atoms with Crippen molar-refractivity contribution in [1.29, 1.82) is 0 Å². The third-order valence-corrected chi connectivity index (χ3v) is 12.4. The topological polar surface area (TPSA) is 152 Å². The van der Waals surface area contributed by atoms with Gasteiger partial charge in [0.15, 0.2) is 5.13 Å². The molecule has 57 heavy (non-hydrogen) atoms. The molecule has 13 nitrogen and oxygen atoms in total. The number of piperazine rings is 1. The number of fused-ring (bicyclic) bond motifs is 1. The molecule has 3 aromatic rings. The van der Waals surface area contributed by atoms with Crippen LogP contribution in [0, 0.1) is 22.6 Å². The number of imide groups is 2. The largest absolute Gasteiger partial charge is 0.366 e. The van der Waals surface area contributed by atoms with Crippen LogP contribution in [0.2, 0.25) is 0 Å². The zero-order chi connectivity index (χ0) is 40.6. The molecular formula is C42H50FN7O6S. The number of amides is 6. The SMILES string of the molecule is CC(C)(CC(=O)N1CCN(c2cc3c(cc2F)C(=O)N(C2CCC(=O)NC2=O)C3=O)CC1)CC(C)(C)CN1CCC(C(=O)Nc2ncc(-c3ccccc3)s2)CC1. The molecule has 5 heterocycles. The van der Waals surface area contributed by atoms with E-state index in [2.05, 4.69) is 48.2 Å². The predicted octanol–water partition coefficient (Wildman–Crippen LogP) is 5.18. The summed E-state index contributed by atoms with van der Waals surface area (Å²) in [5, 5.41) is 5.81. The van der Waals surface area contributed by atoms with Gasteiger partial charge >= 0.3 is 0 Å². The Morgan fingerprint density at radius 1 is 0.895 bits per heavy atom. The van der Waals surface area contributed by atoms with Crippen molar-refractivity contribution < 1.29 is 33.2 Å². The number of piperidine rings is 2. The van der Waals surface area contributed by atoms with E-state index in [9.17, 15) is 28.8 Å². The summed E-state index contributed by atoms with van der Waals surface area (Å²) < 4.78 is 15.5. The highest BCUT2D eigenvalue weighted by molar-refractivity contribution is 7.19. The lowest BCUT2D eigenvalue weighted by atomic mass is 9.72. The first-order valence-electron chi connectivity index (χ1n) is 19.7. The first kappa shape index (κ1) is 40.2. The third-order valence-electron chi connectivity index (χ3n) is 11.5. The van der Waals surface area contributed by atoms with E-state index in [1.807, 2.05) is 30.3 Å². The van der Waals surface area contributed by atoms with Crippen molar-refractivity contribution in [2.75, 3.05) is 56.0 Å². The van der Waals surface area contributed by atoms with Gasteiger partial charge in [0.1, 0.15) is 11.9 Å².